The Morgan fingerprint density at radius 3 is 2.21 bits per heavy atom. The van der Waals surface area contributed by atoms with Gasteiger partial charge in [0.2, 0.25) is 0 Å². The number of benzene rings is 2. The molecule has 0 aliphatic rings. The molecule has 5 heteroatoms. The number of ether oxygens (including phenoxy) is 2. The molecule has 1 atom stereocenters. The number of amides is 1. The van der Waals surface area contributed by atoms with E-state index >= 15 is 0 Å². The molecule has 2 aromatic rings. The largest absolute Gasteiger partial charge is 0.466 e. The molecule has 5 nitrogen and oxygen atoms in total. The minimum Gasteiger partial charge on any atom is -0.466 e. The lowest BCUT2D eigenvalue weighted by atomic mass is 10.0. The molecule has 0 aliphatic carbocycles. The van der Waals surface area contributed by atoms with E-state index in [9.17, 15) is 9.59 Å². The predicted octanol–water partition coefficient (Wildman–Crippen LogP) is 3.61. The van der Waals surface area contributed by atoms with Crippen molar-refractivity contribution < 1.29 is 19.1 Å². The average molecular weight is 327 g/mol. The SMILES string of the molecule is CCOC(=O)C[C@@H](NC(=O)OCc1ccccc1)c1ccccc1. The van der Waals surface area contributed by atoms with E-state index in [0.29, 0.717) is 6.61 Å². The summed E-state index contributed by atoms with van der Waals surface area (Å²) in [5.74, 6) is -0.366. The van der Waals surface area contributed by atoms with E-state index < -0.39 is 12.1 Å². The molecule has 1 amide bonds. The first kappa shape index (κ1) is 17.5. The molecule has 24 heavy (non-hydrogen) atoms. The Labute approximate surface area is 141 Å². The van der Waals surface area contributed by atoms with Crippen molar-refractivity contribution in [3.05, 3.63) is 71.8 Å². The molecule has 0 fully saturated rings. The minimum atomic E-state index is -0.572. The third kappa shape index (κ3) is 5.76. The van der Waals surface area contributed by atoms with Crippen molar-refractivity contribution in [1.82, 2.24) is 5.32 Å². The van der Waals surface area contributed by atoms with Gasteiger partial charge < -0.3 is 14.8 Å². The van der Waals surface area contributed by atoms with E-state index in [1.165, 1.54) is 0 Å². The highest BCUT2D eigenvalue weighted by Gasteiger charge is 2.19. The van der Waals surface area contributed by atoms with Crippen molar-refractivity contribution in [3.8, 4) is 0 Å². The molecule has 0 saturated heterocycles. The molecule has 2 aromatic carbocycles. The van der Waals surface area contributed by atoms with E-state index in [4.69, 9.17) is 9.47 Å². The predicted molar refractivity (Wildman–Crippen MR) is 90.2 cm³/mol. The standard InChI is InChI=1S/C19H21NO4/c1-2-23-18(21)13-17(16-11-7-4-8-12-16)20-19(22)24-14-15-9-5-3-6-10-15/h3-12,17H,2,13-14H2,1H3,(H,20,22)/t17-/m1/s1. The zero-order valence-electron chi connectivity index (χ0n) is 13.6. The minimum absolute atomic E-state index is 0.0539. The number of rotatable bonds is 7. The van der Waals surface area contributed by atoms with Gasteiger partial charge in [-0.15, -0.1) is 0 Å². The second-order valence-electron chi connectivity index (χ2n) is 5.18. The normalized spacial score (nSPS) is 11.4. The summed E-state index contributed by atoms with van der Waals surface area (Å²) in [7, 11) is 0. The molecule has 0 spiro atoms. The average Bonchev–Trinajstić information content (AvgIpc) is 2.61. The van der Waals surface area contributed by atoms with Gasteiger partial charge in [0.05, 0.1) is 19.1 Å². The van der Waals surface area contributed by atoms with Gasteiger partial charge in [0.15, 0.2) is 0 Å². The van der Waals surface area contributed by atoms with E-state index in [-0.39, 0.29) is 19.0 Å². The van der Waals surface area contributed by atoms with E-state index in [2.05, 4.69) is 5.32 Å². The second-order valence-corrected chi connectivity index (χ2v) is 5.18. The molecule has 0 radical (unpaired) electrons. The molecular weight excluding hydrogens is 306 g/mol. The third-order valence-corrected chi connectivity index (χ3v) is 3.38. The number of carbonyl (C=O) groups excluding carboxylic acids is 2. The van der Waals surface area contributed by atoms with Crippen LogP contribution in [0, 0.1) is 0 Å². The topological polar surface area (TPSA) is 64.6 Å². The van der Waals surface area contributed by atoms with Crippen molar-refractivity contribution in [2.75, 3.05) is 6.61 Å². The smallest absolute Gasteiger partial charge is 0.407 e. The van der Waals surface area contributed by atoms with Gasteiger partial charge in [-0.05, 0) is 18.1 Å². The van der Waals surface area contributed by atoms with Crippen molar-refractivity contribution in [1.29, 1.82) is 0 Å². The van der Waals surface area contributed by atoms with Gasteiger partial charge in [-0.1, -0.05) is 60.7 Å². The maximum atomic E-state index is 12.1. The van der Waals surface area contributed by atoms with Crippen LogP contribution in [0.3, 0.4) is 0 Å². The van der Waals surface area contributed by atoms with Crippen LogP contribution in [-0.4, -0.2) is 18.7 Å². The summed E-state index contributed by atoms with van der Waals surface area (Å²) < 4.78 is 10.2. The molecule has 1 N–H and O–H groups in total. The summed E-state index contributed by atoms with van der Waals surface area (Å²) in [5, 5.41) is 2.73. The summed E-state index contributed by atoms with van der Waals surface area (Å²) in [6.45, 7) is 2.23. The maximum absolute atomic E-state index is 12.1. The molecule has 0 heterocycles. The van der Waals surface area contributed by atoms with Gasteiger partial charge in [0, 0.05) is 0 Å². The van der Waals surface area contributed by atoms with Crippen molar-refractivity contribution in [2.45, 2.75) is 26.0 Å². The number of hydrogen-bond donors (Lipinski definition) is 1. The van der Waals surface area contributed by atoms with Crippen LogP contribution in [0.5, 0.6) is 0 Å². The number of alkyl carbamates (subject to hydrolysis) is 1. The van der Waals surface area contributed by atoms with Gasteiger partial charge in [-0.25, -0.2) is 4.79 Å². The third-order valence-electron chi connectivity index (χ3n) is 3.38. The van der Waals surface area contributed by atoms with Crippen LogP contribution in [0.4, 0.5) is 4.79 Å². The summed E-state index contributed by atoms with van der Waals surface area (Å²) in [6, 6.07) is 18.2. The molecule has 0 bridgehead atoms. The Hall–Kier alpha value is -2.82. The first-order valence-corrected chi connectivity index (χ1v) is 7.87. The molecule has 0 aliphatic heterocycles. The summed E-state index contributed by atoms with van der Waals surface area (Å²) >= 11 is 0. The molecular formula is C19H21NO4. The van der Waals surface area contributed by atoms with Gasteiger partial charge in [0.1, 0.15) is 6.61 Å². The lowest BCUT2D eigenvalue weighted by Gasteiger charge is -2.18. The highest BCUT2D eigenvalue weighted by atomic mass is 16.5. The van der Waals surface area contributed by atoms with Crippen LogP contribution < -0.4 is 5.32 Å². The number of hydrogen-bond acceptors (Lipinski definition) is 4. The first-order valence-electron chi connectivity index (χ1n) is 7.87. The Kier molecular flexibility index (Phi) is 6.83. The highest BCUT2D eigenvalue weighted by Crippen LogP contribution is 2.17. The molecule has 0 unspecified atom stereocenters. The Morgan fingerprint density at radius 1 is 0.958 bits per heavy atom. The lowest BCUT2D eigenvalue weighted by molar-refractivity contribution is -0.143. The van der Waals surface area contributed by atoms with Crippen molar-refractivity contribution in [2.24, 2.45) is 0 Å². The van der Waals surface area contributed by atoms with E-state index in [0.717, 1.165) is 11.1 Å². The van der Waals surface area contributed by atoms with Crippen molar-refractivity contribution in [3.63, 3.8) is 0 Å². The van der Waals surface area contributed by atoms with Crippen LogP contribution in [-0.2, 0) is 20.9 Å². The zero-order chi connectivity index (χ0) is 17.2. The van der Waals surface area contributed by atoms with Gasteiger partial charge in [-0.2, -0.15) is 0 Å². The Balaban J connectivity index is 1.96. The van der Waals surface area contributed by atoms with Gasteiger partial charge in [0.25, 0.3) is 0 Å². The Morgan fingerprint density at radius 2 is 1.58 bits per heavy atom. The molecule has 126 valence electrons. The van der Waals surface area contributed by atoms with E-state index in [1.807, 2.05) is 60.7 Å². The number of carbonyl (C=O) groups is 2. The zero-order valence-corrected chi connectivity index (χ0v) is 13.6. The van der Waals surface area contributed by atoms with Crippen LogP contribution >= 0.6 is 0 Å². The second kappa shape index (κ2) is 9.35. The number of esters is 1. The van der Waals surface area contributed by atoms with Crippen molar-refractivity contribution >= 4 is 12.1 Å². The van der Waals surface area contributed by atoms with Crippen LogP contribution in [0.1, 0.15) is 30.5 Å². The van der Waals surface area contributed by atoms with Gasteiger partial charge >= 0.3 is 12.1 Å². The Bertz CT molecular complexity index is 643. The first-order chi connectivity index (χ1) is 11.7. The van der Waals surface area contributed by atoms with Crippen LogP contribution in [0.25, 0.3) is 0 Å². The summed E-state index contributed by atoms with van der Waals surface area (Å²) in [4.78, 5) is 23.8. The fourth-order valence-electron chi connectivity index (χ4n) is 2.23. The number of nitrogens with one attached hydrogen (secondary N) is 1. The fourth-order valence-corrected chi connectivity index (χ4v) is 2.23. The summed E-state index contributed by atoms with van der Waals surface area (Å²) in [5.41, 5.74) is 1.72. The highest BCUT2D eigenvalue weighted by molar-refractivity contribution is 5.73. The molecule has 2 rings (SSSR count). The monoisotopic (exact) mass is 327 g/mol. The maximum Gasteiger partial charge on any atom is 0.407 e. The van der Waals surface area contributed by atoms with Crippen LogP contribution in [0.2, 0.25) is 0 Å². The molecule has 0 saturated carbocycles. The molecule has 0 aromatic heterocycles. The quantitative estimate of drug-likeness (QED) is 0.789. The van der Waals surface area contributed by atoms with Gasteiger partial charge in [-0.3, -0.25) is 4.79 Å². The fraction of sp³-hybridized carbons (Fsp3) is 0.263. The lowest BCUT2D eigenvalue weighted by Crippen LogP contribution is -2.31. The summed E-state index contributed by atoms with van der Waals surface area (Å²) in [6.07, 6.45) is -0.518. The van der Waals surface area contributed by atoms with Crippen LogP contribution in [0.15, 0.2) is 60.7 Å². The van der Waals surface area contributed by atoms with E-state index in [1.54, 1.807) is 6.92 Å².